The van der Waals surface area contributed by atoms with Crippen LogP contribution in [0.1, 0.15) is 32.6 Å². The number of benzene rings is 1. The summed E-state index contributed by atoms with van der Waals surface area (Å²) in [4.78, 5) is -0.0266. The van der Waals surface area contributed by atoms with Gasteiger partial charge in [0.1, 0.15) is 5.82 Å². The van der Waals surface area contributed by atoms with Crippen molar-refractivity contribution in [3.05, 3.63) is 22.4 Å². The Morgan fingerprint density at radius 3 is 2.60 bits per heavy atom. The number of rotatable bonds is 4. The van der Waals surface area contributed by atoms with Gasteiger partial charge in [-0.25, -0.2) is 17.5 Å². The van der Waals surface area contributed by atoms with Crippen LogP contribution in [0.15, 0.2) is 21.5 Å². The van der Waals surface area contributed by atoms with Crippen molar-refractivity contribution in [3.63, 3.8) is 0 Å². The van der Waals surface area contributed by atoms with E-state index in [0.717, 1.165) is 37.8 Å². The van der Waals surface area contributed by atoms with Crippen molar-refractivity contribution in [2.45, 2.75) is 43.5 Å². The summed E-state index contributed by atoms with van der Waals surface area (Å²) in [6.07, 6.45) is 4.36. The fraction of sp³-hybridized carbons (Fsp3) is 0.538. The number of hydrogen-bond donors (Lipinski definition) is 2. The standard InChI is InChI=1S/C13H18BrFN2O2S/c1-8(9-4-2-3-5-9)17-20(18,19)13-7-12(16)11(15)6-10(13)14/h6-9,17H,2-5,16H2,1H3. The van der Waals surface area contributed by atoms with E-state index < -0.39 is 15.8 Å². The zero-order valence-corrected chi connectivity index (χ0v) is 13.6. The molecule has 1 aliphatic rings. The van der Waals surface area contributed by atoms with E-state index in [1.165, 1.54) is 0 Å². The highest BCUT2D eigenvalue weighted by Crippen LogP contribution is 2.30. The number of nitrogens with one attached hydrogen (secondary N) is 1. The largest absolute Gasteiger partial charge is 0.396 e. The highest BCUT2D eigenvalue weighted by Gasteiger charge is 2.27. The normalized spacial score (nSPS) is 18.4. The van der Waals surface area contributed by atoms with Gasteiger partial charge in [0.05, 0.1) is 10.6 Å². The SMILES string of the molecule is CC(NS(=O)(=O)c1cc(N)c(F)cc1Br)C1CCCC1. The van der Waals surface area contributed by atoms with E-state index in [4.69, 9.17) is 5.73 Å². The van der Waals surface area contributed by atoms with Gasteiger partial charge in [0.15, 0.2) is 0 Å². The van der Waals surface area contributed by atoms with Gasteiger partial charge in [-0.15, -0.1) is 0 Å². The molecule has 20 heavy (non-hydrogen) atoms. The Labute approximate surface area is 127 Å². The van der Waals surface area contributed by atoms with Gasteiger partial charge in [-0.05, 0) is 53.7 Å². The summed E-state index contributed by atoms with van der Waals surface area (Å²) in [7, 11) is -3.71. The molecule has 0 aliphatic heterocycles. The molecule has 112 valence electrons. The molecule has 2 rings (SSSR count). The molecule has 1 aromatic rings. The third-order valence-electron chi connectivity index (χ3n) is 3.79. The third kappa shape index (κ3) is 3.32. The van der Waals surface area contributed by atoms with Crippen molar-refractivity contribution < 1.29 is 12.8 Å². The fourth-order valence-electron chi connectivity index (χ4n) is 2.61. The summed E-state index contributed by atoms with van der Waals surface area (Å²) in [5.41, 5.74) is 5.27. The highest BCUT2D eigenvalue weighted by atomic mass is 79.9. The van der Waals surface area contributed by atoms with Crippen LogP contribution >= 0.6 is 15.9 Å². The molecule has 1 aliphatic carbocycles. The number of nitrogens with two attached hydrogens (primary N) is 1. The number of sulfonamides is 1. The van der Waals surface area contributed by atoms with Crippen molar-refractivity contribution in [1.82, 2.24) is 4.72 Å². The highest BCUT2D eigenvalue weighted by molar-refractivity contribution is 9.10. The molecule has 1 atom stereocenters. The molecule has 4 nitrogen and oxygen atoms in total. The van der Waals surface area contributed by atoms with Crippen LogP contribution in [0.5, 0.6) is 0 Å². The Bertz CT molecular complexity index is 601. The van der Waals surface area contributed by atoms with Crippen molar-refractivity contribution >= 4 is 31.6 Å². The molecule has 0 amide bonds. The summed E-state index contributed by atoms with van der Waals surface area (Å²) in [6, 6.07) is 2.08. The molecule has 0 saturated heterocycles. The molecule has 0 bridgehead atoms. The molecule has 3 N–H and O–H groups in total. The fourth-order valence-corrected chi connectivity index (χ4v) is 4.97. The van der Waals surface area contributed by atoms with E-state index in [1.807, 2.05) is 6.92 Å². The van der Waals surface area contributed by atoms with Gasteiger partial charge in [0, 0.05) is 10.5 Å². The summed E-state index contributed by atoms with van der Waals surface area (Å²) in [5.74, 6) is -0.277. The number of hydrogen-bond acceptors (Lipinski definition) is 3. The van der Waals surface area contributed by atoms with Crippen LogP contribution in [-0.4, -0.2) is 14.5 Å². The van der Waals surface area contributed by atoms with E-state index in [1.54, 1.807) is 0 Å². The average Bonchev–Trinajstić information content (AvgIpc) is 2.86. The molecule has 0 aromatic heterocycles. The average molecular weight is 365 g/mol. The lowest BCUT2D eigenvalue weighted by Crippen LogP contribution is -2.37. The first kappa shape index (κ1) is 15.7. The van der Waals surface area contributed by atoms with E-state index in [2.05, 4.69) is 20.7 Å². The Morgan fingerprint density at radius 1 is 1.40 bits per heavy atom. The topological polar surface area (TPSA) is 72.2 Å². The number of halogens is 2. The predicted octanol–water partition coefficient (Wildman–Crippen LogP) is 3.03. The van der Waals surface area contributed by atoms with Crippen LogP contribution < -0.4 is 10.5 Å². The lowest BCUT2D eigenvalue weighted by molar-refractivity contribution is 0.424. The van der Waals surface area contributed by atoms with E-state index in [-0.39, 0.29) is 21.1 Å². The van der Waals surface area contributed by atoms with E-state index in [0.29, 0.717) is 5.92 Å². The molecule has 1 fully saturated rings. The van der Waals surface area contributed by atoms with Crippen molar-refractivity contribution in [3.8, 4) is 0 Å². The summed E-state index contributed by atoms with van der Waals surface area (Å²) >= 11 is 3.08. The quantitative estimate of drug-likeness (QED) is 0.806. The van der Waals surface area contributed by atoms with Crippen LogP contribution in [0.3, 0.4) is 0 Å². The van der Waals surface area contributed by atoms with Gasteiger partial charge in [-0.3, -0.25) is 0 Å². The van der Waals surface area contributed by atoms with Crippen LogP contribution in [-0.2, 0) is 10.0 Å². The summed E-state index contributed by atoms with van der Waals surface area (Å²) in [5, 5.41) is 0. The molecular formula is C13H18BrFN2O2S. The molecule has 0 radical (unpaired) electrons. The molecule has 1 unspecified atom stereocenters. The molecule has 7 heteroatoms. The van der Waals surface area contributed by atoms with Crippen LogP contribution in [0.2, 0.25) is 0 Å². The van der Waals surface area contributed by atoms with E-state index >= 15 is 0 Å². The zero-order valence-electron chi connectivity index (χ0n) is 11.2. The first-order chi connectivity index (χ1) is 9.31. The molecule has 0 spiro atoms. The molecule has 1 saturated carbocycles. The predicted molar refractivity (Wildman–Crippen MR) is 80.3 cm³/mol. The third-order valence-corrected chi connectivity index (χ3v) is 6.31. The first-order valence-electron chi connectivity index (χ1n) is 6.58. The van der Waals surface area contributed by atoms with Gasteiger partial charge in [-0.2, -0.15) is 0 Å². The minimum Gasteiger partial charge on any atom is -0.396 e. The Hall–Kier alpha value is -0.660. The van der Waals surface area contributed by atoms with Crippen molar-refractivity contribution in [1.29, 1.82) is 0 Å². The van der Waals surface area contributed by atoms with Crippen molar-refractivity contribution in [2.24, 2.45) is 5.92 Å². The lowest BCUT2D eigenvalue weighted by atomic mass is 10.0. The maximum Gasteiger partial charge on any atom is 0.242 e. The van der Waals surface area contributed by atoms with Gasteiger partial charge in [-0.1, -0.05) is 12.8 Å². The van der Waals surface area contributed by atoms with Gasteiger partial charge in [0.2, 0.25) is 10.0 Å². The molecule has 1 aromatic carbocycles. The number of nitrogen functional groups attached to an aromatic ring is 1. The summed E-state index contributed by atoms with van der Waals surface area (Å²) in [6.45, 7) is 1.87. The van der Waals surface area contributed by atoms with Gasteiger partial charge >= 0.3 is 0 Å². The Balaban J connectivity index is 2.24. The van der Waals surface area contributed by atoms with Gasteiger partial charge < -0.3 is 5.73 Å². The van der Waals surface area contributed by atoms with Crippen molar-refractivity contribution in [2.75, 3.05) is 5.73 Å². The monoisotopic (exact) mass is 364 g/mol. The van der Waals surface area contributed by atoms with Crippen LogP contribution in [0.25, 0.3) is 0 Å². The first-order valence-corrected chi connectivity index (χ1v) is 8.85. The molecule has 0 heterocycles. The summed E-state index contributed by atoms with van der Waals surface area (Å²) < 4.78 is 40.9. The van der Waals surface area contributed by atoms with Crippen LogP contribution in [0.4, 0.5) is 10.1 Å². The molecular weight excluding hydrogens is 347 g/mol. The zero-order chi connectivity index (χ0) is 14.9. The number of anilines is 1. The lowest BCUT2D eigenvalue weighted by Gasteiger charge is -2.20. The smallest absolute Gasteiger partial charge is 0.242 e. The minimum absolute atomic E-state index is 0.0266. The Morgan fingerprint density at radius 2 is 2.00 bits per heavy atom. The second-order valence-electron chi connectivity index (χ2n) is 5.26. The maximum absolute atomic E-state index is 13.3. The second-order valence-corrected chi connectivity index (χ2v) is 7.80. The Kier molecular flexibility index (Phi) is 4.71. The minimum atomic E-state index is -3.71. The second kappa shape index (κ2) is 5.99. The maximum atomic E-state index is 13.3. The van der Waals surface area contributed by atoms with E-state index in [9.17, 15) is 12.8 Å². The van der Waals surface area contributed by atoms with Gasteiger partial charge in [0.25, 0.3) is 0 Å². The van der Waals surface area contributed by atoms with Crippen LogP contribution in [0, 0.1) is 11.7 Å².